The van der Waals surface area contributed by atoms with E-state index in [2.05, 4.69) is 0 Å². The summed E-state index contributed by atoms with van der Waals surface area (Å²) in [5.74, 6) is -0.124. The Kier molecular flexibility index (Phi) is 4.27. The van der Waals surface area contributed by atoms with Crippen molar-refractivity contribution in [1.29, 1.82) is 0 Å². The lowest BCUT2D eigenvalue weighted by Crippen LogP contribution is -2.40. The number of aryl methyl sites for hydroxylation is 1. The lowest BCUT2D eigenvalue weighted by atomic mass is 10.1. The molecule has 2 N–H and O–H groups in total. The summed E-state index contributed by atoms with van der Waals surface area (Å²) in [6, 6.07) is 5.18. The number of nitrogens with zero attached hydrogens (tertiary/aromatic N) is 2. The molecular weight excluding hydrogens is 254 g/mol. The Morgan fingerprint density at radius 1 is 1.30 bits per heavy atom. The van der Waals surface area contributed by atoms with E-state index in [1.54, 1.807) is 25.2 Å². The number of hydrogen-bond donors (Lipinski definition) is 1. The maximum atomic E-state index is 12.3. The van der Waals surface area contributed by atoms with Crippen LogP contribution in [0.1, 0.15) is 28.8 Å². The summed E-state index contributed by atoms with van der Waals surface area (Å²) < 4.78 is 0. The summed E-state index contributed by atoms with van der Waals surface area (Å²) in [6.45, 7) is 3.59. The maximum Gasteiger partial charge on any atom is 0.254 e. The zero-order chi connectivity index (χ0) is 14.7. The van der Waals surface area contributed by atoms with Gasteiger partial charge in [0.2, 0.25) is 5.91 Å². The van der Waals surface area contributed by atoms with E-state index in [-0.39, 0.29) is 18.4 Å². The molecule has 0 atom stereocenters. The zero-order valence-corrected chi connectivity index (χ0v) is 12.1. The molecular formula is C15H21N3O2. The van der Waals surface area contributed by atoms with Gasteiger partial charge in [-0.3, -0.25) is 9.59 Å². The molecule has 2 amide bonds. The van der Waals surface area contributed by atoms with E-state index < -0.39 is 0 Å². The van der Waals surface area contributed by atoms with E-state index >= 15 is 0 Å². The molecule has 0 aromatic heterocycles. The van der Waals surface area contributed by atoms with Crippen LogP contribution >= 0.6 is 0 Å². The van der Waals surface area contributed by atoms with Crippen molar-refractivity contribution >= 4 is 17.5 Å². The largest absolute Gasteiger partial charge is 0.399 e. The Hall–Kier alpha value is -2.04. The second-order valence-corrected chi connectivity index (χ2v) is 5.32. The van der Waals surface area contributed by atoms with Gasteiger partial charge in [-0.1, -0.05) is 0 Å². The van der Waals surface area contributed by atoms with Crippen LogP contribution in [-0.4, -0.2) is 48.3 Å². The van der Waals surface area contributed by atoms with Gasteiger partial charge in [0.05, 0.1) is 6.54 Å². The second kappa shape index (κ2) is 5.94. The van der Waals surface area contributed by atoms with Gasteiger partial charge < -0.3 is 15.5 Å². The highest BCUT2D eigenvalue weighted by Gasteiger charge is 2.22. The molecule has 0 unspecified atom stereocenters. The van der Waals surface area contributed by atoms with Gasteiger partial charge in [-0.2, -0.15) is 0 Å². The first-order valence-electron chi connectivity index (χ1n) is 6.88. The van der Waals surface area contributed by atoms with Crippen LogP contribution in [0.3, 0.4) is 0 Å². The molecule has 0 radical (unpaired) electrons. The van der Waals surface area contributed by atoms with Crippen LogP contribution < -0.4 is 5.73 Å². The molecule has 20 heavy (non-hydrogen) atoms. The highest BCUT2D eigenvalue weighted by atomic mass is 16.2. The van der Waals surface area contributed by atoms with Crippen LogP contribution in [0.5, 0.6) is 0 Å². The summed E-state index contributed by atoms with van der Waals surface area (Å²) in [4.78, 5) is 27.7. The molecule has 0 aliphatic carbocycles. The van der Waals surface area contributed by atoms with Crippen molar-refractivity contribution in [1.82, 2.24) is 9.80 Å². The SMILES string of the molecule is Cc1cc(N)ccc1C(=O)N(C)CC(=O)N1CCCC1. The van der Waals surface area contributed by atoms with Crippen molar-refractivity contribution in [2.75, 3.05) is 32.4 Å². The first-order chi connectivity index (χ1) is 9.49. The van der Waals surface area contributed by atoms with Crippen molar-refractivity contribution in [2.45, 2.75) is 19.8 Å². The van der Waals surface area contributed by atoms with E-state index in [0.717, 1.165) is 31.5 Å². The number of likely N-dealkylation sites (tertiary alicyclic amines) is 1. The molecule has 0 saturated carbocycles. The molecule has 0 spiro atoms. The molecule has 5 nitrogen and oxygen atoms in total. The molecule has 1 aromatic rings. The predicted octanol–water partition coefficient (Wildman–Crippen LogP) is 1.27. The Morgan fingerprint density at radius 3 is 2.55 bits per heavy atom. The summed E-state index contributed by atoms with van der Waals surface area (Å²) in [5, 5.41) is 0. The minimum absolute atomic E-state index is 0.0199. The molecule has 0 bridgehead atoms. The quantitative estimate of drug-likeness (QED) is 0.845. The summed E-state index contributed by atoms with van der Waals surface area (Å²) >= 11 is 0. The monoisotopic (exact) mass is 275 g/mol. The summed E-state index contributed by atoms with van der Waals surface area (Å²) in [5.41, 5.74) is 7.74. The molecule has 1 aliphatic rings. The lowest BCUT2D eigenvalue weighted by Gasteiger charge is -2.22. The predicted molar refractivity (Wildman–Crippen MR) is 78.4 cm³/mol. The number of carbonyl (C=O) groups is 2. The van der Waals surface area contributed by atoms with E-state index in [9.17, 15) is 9.59 Å². The summed E-state index contributed by atoms with van der Waals surface area (Å²) in [6.07, 6.45) is 2.11. The number of benzene rings is 1. The third kappa shape index (κ3) is 3.10. The van der Waals surface area contributed by atoms with Gasteiger partial charge in [0.15, 0.2) is 0 Å². The average molecular weight is 275 g/mol. The van der Waals surface area contributed by atoms with Crippen molar-refractivity contribution < 1.29 is 9.59 Å². The van der Waals surface area contributed by atoms with Crippen LogP contribution in [0.25, 0.3) is 0 Å². The number of likely N-dealkylation sites (N-methyl/N-ethyl adjacent to an activating group) is 1. The highest BCUT2D eigenvalue weighted by molar-refractivity contribution is 5.97. The molecule has 108 valence electrons. The number of nitrogens with two attached hydrogens (primary N) is 1. The van der Waals surface area contributed by atoms with E-state index in [0.29, 0.717) is 11.3 Å². The van der Waals surface area contributed by atoms with E-state index in [1.165, 1.54) is 4.90 Å². The van der Waals surface area contributed by atoms with Gasteiger partial charge in [0.1, 0.15) is 0 Å². The average Bonchev–Trinajstić information content (AvgIpc) is 2.91. The van der Waals surface area contributed by atoms with Crippen LogP contribution in [0.2, 0.25) is 0 Å². The second-order valence-electron chi connectivity index (χ2n) is 5.32. The van der Waals surface area contributed by atoms with Gasteiger partial charge in [-0.25, -0.2) is 0 Å². The van der Waals surface area contributed by atoms with Gasteiger partial charge >= 0.3 is 0 Å². The van der Waals surface area contributed by atoms with Gasteiger partial charge in [-0.15, -0.1) is 0 Å². The minimum atomic E-state index is -0.143. The van der Waals surface area contributed by atoms with Gasteiger partial charge in [0, 0.05) is 31.4 Å². The molecule has 5 heteroatoms. The van der Waals surface area contributed by atoms with Gasteiger partial charge in [-0.05, 0) is 43.5 Å². The molecule has 2 rings (SSSR count). The summed E-state index contributed by atoms with van der Waals surface area (Å²) in [7, 11) is 1.66. The number of nitrogen functional groups attached to an aromatic ring is 1. The lowest BCUT2D eigenvalue weighted by molar-refractivity contribution is -0.130. The standard InChI is InChI=1S/C15H21N3O2/c1-11-9-12(16)5-6-13(11)15(20)17(2)10-14(19)18-7-3-4-8-18/h5-6,9H,3-4,7-8,10,16H2,1-2H3. The van der Waals surface area contributed by atoms with Crippen molar-refractivity contribution in [2.24, 2.45) is 0 Å². The molecule has 1 fully saturated rings. The number of anilines is 1. The van der Waals surface area contributed by atoms with E-state index in [1.807, 2.05) is 11.8 Å². The Balaban J connectivity index is 2.02. The fraction of sp³-hybridized carbons (Fsp3) is 0.467. The van der Waals surface area contributed by atoms with Gasteiger partial charge in [0.25, 0.3) is 5.91 Å². The molecule has 1 saturated heterocycles. The number of carbonyl (C=O) groups excluding carboxylic acids is 2. The van der Waals surface area contributed by atoms with Crippen molar-refractivity contribution in [3.8, 4) is 0 Å². The maximum absolute atomic E-state index is 12.3. The number of rotatable bonds is 3. The van der Waals surface area contributed by atoms with E-state index in [4.69, 9.17) is 5.73 Å². The fourth-order valence-corrected chi connectivity index (χ4v) is 2.47. The minimum Gasteiger partial charge on any atom is -0.399 e. The Morgan fingerprint density at radius 2 is 1.95 bits per heavy atom. The van der Waals surface area contributed by atoms with Crippen LogP contribution in [0.15, 0.2) is 18.2 Å². The zero-order valence-electron chi connectivity index (χ0n) is 12.1. The Bertz CT molecular complexity index is 522. The number of amides is 2. The molecule has 1 aliphatic heterocycles. The van der Waals surface area contributed by atoms with Crippen molar-refractivity contribution in [3.05, 3.63) is 29.3 Å². The van der Waals surface area contributed by atoms with Crippen LogP contribution in [0, 0.1) is 6.92 Å². The third-order valence-corrected chi connectivity index (χ3v) is 3.66. The third-order valence-electron chi connectivity index (χ3n) is 3.66. The smallest absolute Gasteiger partial charge is 0.254 e. The van der Waals surface area contributed by atoms with Crippen LogP contribution in [0.4, 0.5) is 5.69 Å². The normalized spacial score (nSPS) is 14.4. The topological polar surface area (TPSA) is 66.6 Å². The number of hydrogen-bond acceptors (Lipinski definition) is 3. The Labute approximate surface area is 119 Å². The molecule has 1 heterocycles. The van der Waals surface area contributed by atoms with Crippen LogP contribution in [-0.2, 0) is 4.79 Å². The first kappa shape index (κ1) is 14.4. The first-order valence-corrected chi connectivity index (χ1v) is 6.88. The molecule has 1 aromatic carbocycles. The van der Waals surface area contributed by atoms with Crippen molar-refractivity contribution in [3.63, 3.8) is 0 Å². The highest BCUT2D eigenvalue weighted by Crippen LogP contribution is 2.15. The fourth-order valence-electron chi connectivity index (χ4n) is 2.47.